The molecule has 0 bridgehead atoms. The summed E-state index contributed by atoms with van der Waals surface area (Å²) in [5.74, 6) is 1.44. The smallest absolute Gasteiger partial charge is 0.217 e. The highest BCUT2D eigenvalue weighted by molar-refractivity contribution is 7.80. The molecule has 1 heterocycles. The molecule has 1 rings (SSSR count). The van der Waals surface area contributed by atoms with Crippen molar-refractivity contribution in [3.8, 4) is 0 Å². The number of aliphatic imine (C=N–C) groups is 1. The zero-order chi connectivity index (χ0) is 25.5. The molecule has 0 radical (unpaired) electrons. The molecule has 204 valence electrons. The summed E-state index contributed by atoms with van der Waals surface area (Å²) in [6.07, 6.45) is 22.7. The second-order valence-corrected chi connectivity index (χ2v) is 10.6. The van der Waals surface area contributed by atoms with E-state index in [0.717, 1.165) is 30.7 Å². The normalized spacial score (nSPS) is 18.0. The maximum Gasteiger partial charge on any atom is 0.217 e. The van der Waals surface area contributed by atoms with E-state index >= 15 is 0 Å². The van der Waals surface area contributed by atoms with Gasteiger partial charge in [0.25, 0.3) is 0 Å². The van der Waals surface area contributed by atoms with E-state index in [-0.39, 0.29) is 6.61 Å². The molecule has 1 atom stereocenters. The first-order valence-electron chi connectivity index (χ1n) is 14.1. The van der Waals surface area contributed by atoms with E-state index in [2.05, 4.69) is 18.0 Å². The zero-order valence-electron chi connectivity index (χ0n) is 22.6. The first-order valence-corrected chi connectivity index (χ1v) is 15.4. The van der Waals surface area contributed by atoms with Crippen LogP contribution in [-0.2, 0) is 14.6 Å². The van der Waals surface area contributed by atoms with Crippen LogP contribution in [0.2, 0.25) is 0 Å². The minimum atomic E-state index is -4.42. The van der Waals surface area contributed by atoms with E-state index in [0.29, 0.717) is 0 Å². The summed E-state index contributed by atoms with van der Waals surface area (Å²) in [5, 5.41) is 0. The molecule has 34 heavy (non-hydrogen) atoms. The maximum absolute atomic E-state index is 9.45. The summed E-state index contributed by atoms with van der Waals surface area (Å²) >= 11 is 0. The molecular weight excluding hydrogens is 450 g/mol. The van der Waals surface area contributed by atoms with Gasteiger partial charge in [-0.2, -0.15) is 0 Å². The number of likely N-dealkylation sites (N-methyl/N-ethyl adjacent to an activating group) is 1. The van der Waals surface area contributed by atoms with Crippen molar-refractivity contribution < 1.29 is 21.6 Å². The van der Waals surface area contributed by atoms with E-state index in [1.165, 1.54) is 122 Å². The Kier molecular flexibility index (Phi) is 21.4. The highest BCUT2D eigenvalue weighted by Crippen LogP contribution is 2.20. The molecule has 0 aromatic carbocycles. The fourth-order valence-electron chi connectivity index (χ4n) is 4.75. The number of amidine groups is 1. The van der Waals surface area contributed by atoms with E-state index in [4.69, 9.17) is 10.7 Å². The van der Waals surface area contributed by atoms with Crippen molar-refractivity contribution >= 4 is 16.2 Å². The van der Waals surface area contributed by atoms with Crippen molar-refractivity contribution in [2.45, 2.75) is 124 Å². The second kappa shape index (κ2) is 21.7. The maximum atomic E-state index is 9.45. The first-order chi connectivity index (χ1) is 16.3. The summed E-state index contributed by atoms with van der Waals surface area (Å²) < 4.78 is 33.1. The van der Waals surface area contributed by atoms with Crippen LogP contribution in [0, 0.1) is 0 Å². The molecule has 0 aromatic heterocycles. The second-order valence-electron chi connectivity index (χ2n) is 9.51. The third kappa shape index (κ3) is 17.8. The number of unbranched alkanes of at least 4 members (excludes halogenated alkanes) is 14. The Hall–Kier alpha value is -0.540. The van der Waals surface area contributed by atoms with Gasteiger partial charge in [-0.05, 0) is 20.3 Å². The van der Waals surface area contributed by atoms with Crippen LogP contribution in [0.3, 0.4) is 0 Å². The molecule has 2 N–H and O–H groups in total. The van der Waals surface area contributed by atoms with Gasteiger partial charge in [-0.15, -0.1) is 0 Å². The summed E-state index contributed by atoms with van der Waals surface area (Å²) in [6, 6.07) is 0. The molecule has 7 nitrogen and oxygen atoms in total. The Morgan fingerprint density at radius 2 is 1.32 bits per heavy atom. The lowest BCUT2D eigenvalue weighted by Crippen LogP contribution is -2.53. The van der Waals surface area contributed by atoms with Gasteiger partial charge in [0.2, 0.25) is 10.4 Å². The summed E-state index contributed by atoms with van der Waals surface area (Å²) in [7, 11) is -4.42. The van der Waals surface area contributed by atoms with Crippen molar-refractivity contribution in [1.29, 1.82) is 0 Å². The predicted octanol–water partition coefficient (Wildman–Crippen LogP) is 5.94. The monoisotopic (exact) mass is 505 g/mol. The fourth-order valence-corrected chi connectivity index (χ4v) is 5.04. The van der Waals surface area contributed by atoms with Crippen LogP contribution in [0.15, 0.2) is 4.99 Å². The number of rotatable bonds is 21. The molecule has 0 aliphatic carbocycles. The Bertz CT molecular complexity index is 599. The Morgan fingerprint density at radius 3 is 1.68 bits per heavy atom. The van der Waals surface area contributed by atoms with Gasteiger partial charge in [0.1, 0.15) is 6.54 Å². The van der Waals surface area contributed by atoms with Crippen molar-refractivity contribution in [2.75, 3.05) is 39.3 Å². The molecule has 1 unspecified atom stereocenters. The molecule has 1 aliphatic heterocycles. The van der Waals surface area contributed by atoms with E-state index in [1.807, 2.05) is 0 Å². The number of hydrogen-bond donors (Lipinski definition) is 1. The van der Waals surface area contributed by atoms with E-state index in [9.17, 15) is 13.0 Å². The highest BCUT2D eigenvalue weighted by atomic mass is 32.3. The molecular formula is C26H55N3O4S. The van der Waals surface area contributed by atoms with Gasteiger partial charge in [-0.1, -0.05) is 96.8 Å². The molecule has 1 aliphatic rings. The van der Waals surface area contributed by atoms with Crippen molar-refractivity contribution in [2.24, 2.45) is 10.7 Å². The lowest BCUT2D eigenvalue weighted by Gasteiger charge is -2.33. The predicted molar refractivity (Wildman–Crippen MR) is 143 cm³/mol. The van der Waals surface area contributed by atoms with Gasteiger partial charge in [-0.25, -0.2) is 13.4 Å². The third-order valence-electron chi connectivity index (χ3n) is 6.80. The van der Waals surface area contributed by atoms with Crippen LogP contribution in [0.5, 0.6) is 0 Å². The standard InChI is InChI=1S/C24H50N3.C2H6O4S/c1-3-5-6-7-8-9-10-11-12-13-14-15-16-17-18-19-24-26-21-23-27(24,4-2)22-20-25;1-2-6-7(3,4)5/h3-23,25H2,1-2H3;2H2,1H3,(H,3,4,5)/q+1;/p-1. The van der Waals surface area contributed by atoms with Crippen molar-refractivity contribution in [3.63, 3.8) is 0 Å². The average molecular weight is 506 g/mol. The molecule has 0 spiro atoms. The number of quaternary nitrogens is 1. The van der Waals surface area contributed by atoms with Crippen LogP contribution in [0.25, 0.3) is 0 Å². The Balaban J connectivity index is 0.00000135. The zero-order valence-corrected chi connectivity index (χ0v) is 23.4. The van der Waals surface area contributed by atoms with Crippen LogP contribution in [0.4, 0.5) is 0 Å². The molecule has 0 aromatic rings. The lowest BCUT2D eigenvalue weighted by molar-refractivity contribution is -0.833. The van der Waals surface area contributed by atoms with Gasteiger partial charge < -0.3 is 10.3 Å². The molecule has 0 saturated carbocycles. The quantitative estimate of drug-likeness (QED) is 0.0899. The van der Waals surface area contributed by atoms with Crippen molar-refractivity contribution in [1.82, 2.24) is 0 Å². The van der Waals surface area contributed by atoms with Crippen LogP contribution >= 0.6 is 0 Å². The lowest BCUT2D eigenvalue weighted by atomic mass is 10.0. The number of nitrogens with two attached hydrogens (primary N) is 1. The average Bonchev–Trinajstić information content (AvgIpc) is 3.19. The molecule has 0 fully saturated rings. The number of hydrogen-bond acceptors (Lipinski definition) is 6. The Labute approximate surface area is 211 Å². The SMILES string of the molecule is CCCCCCCCCCCCCCCCCC1=NCC[N+]1(CC)CCN.CCOS(=O)(=O)[O-]. The summed E-state index contributed by atoms with van der Waals surface area (Å²) in [5.41, 5.74) is 5.85. The largest absolute Gasteiger partial charge is 0.726 e. The van der Waals surface area contributed by atoms with Crippen LogP contribution < -0.4 is 5.73 Å². The van der Waals surface area contributed by atoms with Crippen LogP contribution in [-0.4, -0.2) is 62.6 Å². The van der Waals surface area contributed by atoms with E-state index in [1.54, 1.807) is 0 Å². The summed E-state index contributed by atoms with van der Waals surface area (Å²) in [4.78, 5) is 4.82. The van der Waals surface area contributed by atoms with Gasteiger partial charge in [0, 0.05) is 13.0 Å². The van der Waals surface area contributed by atoms with Gasteiger partial charge in [-0.3, -0.25) is 8.67 Å². The van der Waals surface area contributed by atoms with Crippen molar-refractivity contribution in [3.05, 3.63) is 0 Å². The molecule has 8 heteroatoms. The number of nitrogens with zero attached hydrogens (tertiary/aromatic N) is 2. The topological polar surface area (TPSA) is 105 Å². The molecule has 0 saturated heterocycles. The van der Waals surface area contributed by atoms with E-state index < -0.39 is 10.4 Å². The summed E-state index contributed by atoms with van der Waals surface area (Å²) in [6.45, 7) is 11.1. The van der Waals surface area contributed by atoms with Gasteiger partial charge >= 0.3 is 0 Å². The first kappa shape index (κ1) is 33.5. The minimum Gasteiger partial charge on any atom is -0.726 e. The van der Waals surface area contributed by atoms with Gasteiger partial charge in [0.05, 0.1) is 26.2 Å². The van der Waals surface area contributed by atoms with Crippen LogP contribution in [0.1, 0.15) is 124 Å². The third-order valence-corrected chi connectivity index (χ3v) is 7.32. The Morgan fingerprint density at radius 1 is 0.853 bits per heavy atom. The molecule has 0 amide bonds. The fraction of sp³-hybridized carbons (Fsp3) is 0.962. The highest BCUT2D eigenvalue weighted by Gasteiger charge is 2.35. The minimum absolute atomic E-state index is 0.0914. The van der Waals surface area contributed by atoms with Gasteiger partial charge in [0.15, 0.2) is 5.84 Å².